The predicted molar refractivity (Wildman–Crippen MR) is 204 cm³/mol. The second-order valence-electron chi connectivity index (χ2n) is 15.5. The van der Waals surface area contributed by atoms with Crippen molar-refractivity contribution >= 4 is 33.0 Å². The molecular formula is C40H51N5O7S. The highest BCUT2D eigenvalue weighted by Crippen LogP contribution is 2.54. The average Bonchev–Trinajstić information content (AvgIpc) is 3.62. The number of ether oxygens (including phenoxy) is 2. The first-order chi connectivity index (χ1) is 25.5. The van der Waals surface area contributed by atoms with E-state index in [-0.39, 0.29) is 27.9 Å². The fourth-order valence-corrected chi connectivity index (χ4v) is 9.74. The van der Waals surface area contributed by atoms with Crippen LogP contribution in [0.2, 0.25) is 0 Å². The lowest BCUT2D eigenvalue weighted by Crippen LogP contribution is -2.54. The Morgan fingerprint density at radius 3 is 2.42 bits per heavy atom. The van der Waals surface area contributed by atoms with Gasteiger partial charge in [0.2, 0.25) is 0 Å². The molecule has 3 aromatic rings. The first kappa shape index (κ1) is 37.1. The molecule has 3 heterocycles. The Kier molecular flexibility index (Phi) is 11.0. The molecule has 3 aromatic carbocycles. The molecule has 0 aromatic heterocycles. The van der Waals surface area contributed by atoms with Crippen LogP contribution in [-0.2, 0) is 14.8 Å². The molecule has 1 spiro atoms. The van der Waals surface area contributed by atoms with Gasteiger partial charge in [0.1, 0.15) is 11.4 Å². The van der Waals surface area contributed by atoms with Crippen molar-refractivity contribution in [3.05, 3.63) is 88.0 Å². The van der Waals surface area contributed by atoms with Crippen LogP contribution >= 0.6 is 0 Å². The second-order valence-corrected chi connectivity index (χ2v) is 17.2. The Morgan fingerprint density at radius 2 is 1.72 bits per heavy atom. The number of benzene rings is 3. The number of piperidine rings is 1. The summed E-state index contributed by atoms with van der Waals surface area (Å²) in [6.07, 6.45) is 8.90. The largest absolute Gasteiger partial charge is 0.491 e. The van der Waals surface area contributed by atoms with Crippen molar-refractivity contribution in [3.8, 4) is 5.75 Å². The van der Waals surface area contributed by atoms with E-state index in [0.29, 0.717) is 43.2 Å². The molecule has 0 unspecified atom stereocenters. The Hall–Kier alpha value is -4.20. The van der Waals surface area contributed by atoms with Gasteiger partial charge in [-0.3, -0.25) is 19.8 Å². The van der Waals surface area contributed by atoms with E-state index in [1.165, 1.54) is 43.4 Å². The molecule has 284 valence electrons. The van der Waals surface area contributed by atoms with Gasteiger partial charge in [-0.1, -0.05) is 18.2 Å². The summed E-state index contributed by atoms with van der Waals surface area (Å²) >= 11 is 0. The summed E-state index contributed by atoms with van der Waals surface area (Å²) in [6, 6.07) is 20.2. The van der Waals surface area contributed by atoms with Crippen LogP contribution < -0.4 is 19.7 Å². The standard InChI is InChI=1S/C40H51N5O7S/c1-28(2)52-38-8-4-3-6-34(38)36-7-5-19-44(36)32-25-40(26-32)17-20-43(21-18-40)31-11-9-30(10-12-31)39(46)42-53(49,50)33-13-14-35(37(24-33)45(47)48)41-27-29-15-22-51-23-16-29/h3-4,6,8-14,24,28-29,32,36,41H,5,7,15-23,25-27H2,1-2H3,(H,42,46)/t36-/m0/s1. The highest BCUT2D eigenvalue weighted by molar-refractivity contribution is 7.90. The third-order valence-corrected chi connectivity index (χ3v) is 13.0. The summed E-state index contributed by atoms with van der Waals surface area (Å²) in [4.78, 5) is 29.0. The summed E-state index contributed by atoms with van der Waals surface area (Å²) in [5.41, 5.74) is 2.74. The molecule has 2 N–H and O–H groups in total. The number of nitro benzene ring substituents is 1. The fourth-order valence-electron chi connectivity index (χ4n) is 8.75. The minimum atomic E-state index is -4.36. The molecule has 3 saturated heterocycles. The van der Waals surface area contributed by atoms with E-state index in [1.807, 2.05) is 12.1 Å². The number of nitrogens with one attached hydrogen (secondary N) is 2. The van der Waals surface area contributed by atoms with Gasteiger partial charge in [-0.05, 0) is 126 Å². The van der Waals surface area contributed by atoms with Crippen molar-refractivity contribution in [3.63, 3.8) is 0 Å². The van der Waals surface area contributed by atoms with Crippen molar-refractivity contribution in [1.29, 1.82) is 0 Å². The minimum absolute atomic E-state index is 0.143. The Bertz CT molecular complexity index is 1880. The van der Waals surface area contributed by atoms with Crippen molar-refractivity contribution in [2.45, 2.75) is 88.3 Å². The molecule has 1 aliphatic carbocycles. The quantitative estimate of drug-likeness (QED) is 0.148. The lowest BCUT2D eigenvalue weighted by Gasteiger charge is -2.56. The Morgan fingerprint density at radius 1 is 1.00 bits per heavy atom. The van der Waals surface area contributed by atoms with Gasteiger partial charge < -0.3 is 19.7 Å². The topological polar surface area (TPSA) is 143 Å². The molecule has 3 aliphatic heterocycles. The van der Waals surface area contributed by atoms with Crippen LogP contribution in [0.4, 0.5) is 17.1 Å². The van der Waals surface area contributed by atoms with Crippen molar-refractivity contribution in [2.75, 3.05) is 49.6 Å². The number of nitrogens with zero attached hydrogens (tertiary/aromatic N) is 3. The Balaban J connectivity index is 0.918. The van der Waals surface area contributed by atoms with Gasteiger partial charge in [-0.2, -0.15) is 0 Å². The first-order valence-electron chi connectivity index (χ1n) is 19.0. The van der Waals surface area contributed by atoms with Crippen LogP contribution in [0.5, 0.6) is 5.75 Å². The lowest BCUT2D eigenvalue weighted by atomic mass is 9.60. The van der Waals surface area contributed by atoms with E-state index < -0.39 is 20.9 Å². The number of amides is 1. The summed E-state index contributed by atoms with van der Waals surface area (Å²) in [6.45, 7) is 8.98. The van der Waals surface area contributed by atoms with Crippen LogP contribution in [0, 0.1) is 21.4 Å². The van der Waals surface area contributed by atoms with E-state index in [9.17, 15) is 23.3 Å². The molecule has 1 saturated carbocycles. The van der Waals surface area contributed by atoms with Crippen molar-refractivity contribution in [2.24, 2.45) is 11.3 Å². The number of nitro groups is 1. The third kappa shape index (κ3) is 8.32. The number of carbonyl (C=O) groups excluding carboxylic acids is 1. The van der Waals surface area contributed by atoms with Gasteiger partial charge in [0.05, 0.1) is 15.9 Å². The molecule has 1 atom stereocenters. The van der Waals surface area contributed by atoms with Crippen LogP contribution in [0.1, 0.15) is 87.2 Å². The number of likely N-dealkylation sites (tertiary alicyclic amines) is 1. The SMILES string of the molecule is CC(C)Oc1ccccc1[C@@H]1CCCN1C1CC2(CCN(c3ccc(C(=O)NS(=O)(=O)c4ccc(NCC5CCOCC5)c([N+](=O)[O-])c4)cc3)CC2)C1. The number of hydrogen-bond acceptors (Lipinski definition) is 10. The van der Waals surface area contributed by atoms with Gasteiger partial charge in [-0.15, -0.1) is 0 Å². The molecule has 1 amide bonds. The van der Waals surface area contributed by atoms with Gasteiger partial charge >= 0.3 is 0 Å². The third-order valence-electron chi connectivity index (χ3n) is 11.7. The molecule has 4 aliphatic rings. The molecule has 4 fully saturated rings. The predicted octanol–water partition coefficient (Wildman–Crippen LogP) is 6.93. The van der Waals surface area contributed by atoms with Crippen LogP contribution in [0.25, 0.3) is 0 Å². The Labute approximate surface area is 312 Å². The highest BCUT2D eigenvalue weighted by atomic mass is 32.2. The van der Waals surface area contributed by atoms with Crippen molar-refractivity contribution in [1.82, 2.24) is 9.62 Å². The average molecular weight is 746 g/mol. The molecule has 13 heteroatoms. The van der Waals surface area contributed by atoms with E-state index >= 15 is 0 Å². The molecule has 12 nitrogen and oxygen atoms in total. The number of hydrogen-bond donors (Lipinski definition) is 2. The number of para-hydroxylation sites is 1. The lowest BCUT2D eigenvalue weighted by molar-refractivity contribution is -0.384. The van der Waals surface area contributed by atoms with Crippen LogP contribution in [0.3, 0.4) is 0 Å². The molecule has 0 bridgehead atoms. The highest BCUT2D eigenvalue weighted by Gasteiger charge is 2.50. The van der Waals surface area contributed by atoms with E-state index in [0.717, 1.165) is 62.8 Å². The molecule has 0 radical (unpaired) electrons. The summed E-state index contributed by atoms with van der Waals surface area (Å²) in [5.74, 6) is 0.531. The zero-order valence-electron chi connectivity index (χ0n) is 30.7. The first-order valence-corrected chi connectivity index (χ1v) is 20.5. The number of carbonyl (C=O) groups is 1. The second kappa shape index (κ2) is 15.6. The smallest absolute Gasteiger partial charge is 0.293 e. The van der Waals surface area contributed by atoms with Crippen LogP contribution in [-0.4, -0.2) is 75.7 Å². The normalized spacial score (nSPS) is 21.0. The zero-order valence-corrected chi connectivity index (χ0v) is 31.5. The minimum Gasteiger partial charge on any atom is -0.491 e. The maximum atomic E-state index is 13.2. The van der Waals surface area contributed by atoms with Gasteiger partial charge in [0.15, 0.2) is 0 Å². The molecule has 7 rings (SSSR count). The molecular weight excluding hydrogens is 695 g/mol. The van der Waals surface area contributed by atoms with Gasteiger partial charge in [-0.25, -0.2) is 13.1 Å². The summed E-state index contributed by atoms with van der Waals surface area (Å²) in [7, 11) is -4.36. The maximum absolute atomic E-state index is 13.2. The van der Waals surface area contributed by atoms with Crippen molar-refractivity contribution < 1.29 is 27.6 Å². The number of sulfonamides is 1. The van der Waals surface area contributed by atoms with E-state index in [1.54, 1.807) is 12.1 Å². The molecule has 53 heavy (non-hydrogen) atoms. The number of rotatable bonds is 12. The van der Waals surface area contributed by atoms with Gasteiger partial charge in [0, 0.05) is 67.8 Å². The zero-order chi connectivity index (χ0) is 37.2. The van der Waals surface area contributed by atoms with Crippen LogP contribution in [0.15, 0.2) is 71.6 Å². The summed E-state index contributed by atoms with van der Waals surface area (Å²) in [5, 5.41) is 14.9. The van der Waals surface area contributed by atoms with E-state index in [4.69, 9.17) is 9.47 Å². The van der Waals surface area contributed by atoms with E-state index in [2.05, 4.69) is 58.0 Å². The summed E-state index contributed by atoms with van der Waals surface area (Å²) < 4.78 is 40.0. The maximum Gasteiger partial charge on any atom is 0.293 e. The fraction of sp³-hybridized carbons (Fsp3) is 0.525. The number of anilines is 2. The van der Waals surface area contributed by atoms with Gasteiger partial charge in [0.25, 0.3) is 21.6 Å². The monoisotopic (exact) mass is 745 g/mol.